The third-order valence-electron chi connectivity index (χ3n) is 8.42. The van der Waals surface area contributed by atoms with Crippen molar-refractivity contribution >= 4 is 0 Å². The molecule has 1 heterocycles. The minimum atomic E-state index is 0.00582. The van der Waals surface area contributed by atoms with Crippen molar-refractivity contribution in [2.75, 3.05) is 6.61 Å². The minimum absolute atomic E-state index is 0.00582. The molecule has 0 amide bonds. The van der Waals surface area contributed by atoms with Crippen LogP contribution >= 0.6 is 0 Å². The number of hydrogen-bond acceptors (Lipinski definition) is 3. The van der Waals surface area contributed by atoms with Gasteiger partial charge in [0.1, 0.15) is 11.2 Å². The van der Waals surface area contributed by atoms with Crippen LogP contribution in [0.2, 0.25) is 0 Å². The van der Waals surface area contributed by atoms with E-state index in [2.05, 4.69) is 0 Å². The van der Waals surface area contributed by atoms with Crippen LogP contribution in [0.1, 0.15) is 77.0 Å². The van der Waals surface area contributed by atoms with Crippen LogP contribution < -0.4 is 0 Å². The molecule has 6 rings (SSSR count). The Balaban J connectivity index is 1.26. The fraction of sp³-hybridized carbons (Fsp3) is 1.00. The van der Waals surface area contributed by atoms with E-state index in [1.807, 2.05) is 0 Å². The maximum Gasteiger partial charge on any atom is 0.109 e. The van der Waals surface area contributed by atoms with E-state index >= 15 is 0 Å². The Hall–Kier alpha value is -0.120. The second-order valence-corrected chi connectivity index (χ2v) is 9.56. The van der Waals surface area contributed by atoms with Gasteiger partial charge >= 0.3 is 0 Å². The summed E-state index contributed by atoms with van der Waals surface area (Å²) in [6.45, 7) is 0.337. The van der Waals surface area contributed by atoms with Crippen molar-refractivity contribution in [1.29, 1.82) is 0 Å². The monoisotopic (exact) mass is 320 g/mol. The fourth-order valence-corrected chi connectivity index (χ4v) is 7.21. The molecule has 5 saturated carbocycles. The van der Waals surface area contributed by atoms with Gasteiger partial charge in [0.15, 0.2) is 0 Å². The van der Waals surface area contributed by atoms with E-state index in [0.717, 1.165) is 42.9 Å². The van der Waals surface area contributed by atoms with Crippen molar-refractivity contribution in [3.05, 3.63) is 0 Å². The van der Waals surface area contributed by atoms with Gasteiger partial charge in [-0.05, 0) is 107 Å². The zero-order chi connectivity index (χ0) is 15.5. The Kier molecular flexibility index (Phi) is 3.58. The summed E-state index contributed by atoms with van der Waals surface area (Å²) in [6.07, 6.45) is 15.2. The second kappa shape index (κ2) is 5.44. The van der Waals surface area contributed by atoms with Gasteiger partial charge in [0.05, 0.1) is 0 Å². The summed E-state index contributed by atoms with van der Waals surface area (Å²) in [7, 11) is 0. The van der Waals surface area contributed by atoms with Crippen LogP contribution in [-0.4, -0.2) is 22.9 Å². The smallest absolute Gasteiger partial charge is 0.109 e. The van der Waals surface area contributed by atoms with Crippen LogP contribution in [-0.2, 0) is 9.78 Å². The summed E-state index contributed by atoms with van der Waals surface area (Å²) in [5, 5.41) is 9.15. The van der Waals surface area contributed by atoms with E-state index in [9.17, 15) is 0 Å². The van der Waals surface area contributed by atoms with Crippen LogP contribution in [0.5, 0.6) is 0 Å². The number of aliphatic hydroxyl groups excluding tert-OH is 1. The highest BCUT2D eigenvalue weighted by atomic mass is 17.2. The standard InChI is InChI=1S/C20H32O3/c21-8-3-14-1-4-19(5-2-14)6-7-20(23-22-19)17-10-15-9-16(12-17)13-18(20)11-15/h14-18,21H,1-13H2. The van der Waals surface area contributed by atoms with Crippen LogP contribution in [0.15, 0.2) is 0 Å². The zero-order valence-corrected chi connectivity index (χ0v) is 14.3. The van der Waals surface area contributed by atoms with E-state index in [1.54, 1.807) is 0 Å². The molecule has 1 aliphatic heterocycles. The van der Waals surface area contributed by atoms with Gasteiger partial charge in [0.2, 0.25) is 0 Å². The molecule has 0 unspecified atom stereocenters. The molecule has 6 fully saturated rings. The molecule has 0 aromatic carbocycles. The van der Waals surface area contributed by atoms with Gasteiger partial charge in [0, 0.05) is 6.61 Å². The lowest BCUT2D eigenvalue weighted by atomic mass is 9.48. The average Bonchev–Trinajstić information content (AvgIpc) is 2.56. The van der Waals surface area contributed by atoms with Gasteiger partial charge < -0.3 is 5.11 Å². The fourth-order valence-electron chi connectivity index (χ4n) is 7.21. The highest BCUT2D eigenvalue weighted by Crippen LogP contribution is 2.63. The molecular weight excluding hydrogens is 288 g/mol. The van der Waals surface area contributed by atoms with Gasteiger partial charge in [0.25, 0.3) is 0 Å². The topological polar surface area (TPSA) is 38.7 Å². The highest BCUT2D eigenvalue weighted by molar-refractivity contribution is 5.09. The van der Waals surface area contributed by atoms with Gasteiger partial charge in [-0.2, -0.15) is 0 Å². The first kappa shape index (κ1) is 15.2. The normalized spacial score (nSPS) is 54.9. The Bertz CT molecular complexity index is 412. The Morgan fingerprint density at radius 1 is 0.783 bits per heavy atom. The van der Waals surface area contributed by atoms with E-state index in [4.69, 9.17) is 14.9 Å². The molecule has 5 aliphatic carbocycles. The van der Waals surface area contributed by atoms with Gasteiger partial charge in [-0.15, -0.1) is 0 Å². The zero-order valence-electron chi connectivity index (χ0n) is 14.3. The van der Waals surface area contributed by atoms with Crippen molar-refractivity contribution in [3.8, 4) is 0 Å². The lowest BCUT2D eigenvalue weighted by molar-refractivity contribution is -0.475. The largest absolute Gasteiger partial charge is 0.396 e. The van der Waals surface area contributed by atoms with Gasteiger partial charge in [-0.3, -0.25) is 0 Å². The van der Waals surface area contributed by atoms with Crippen LogP contribution in [0, 0.1) is 29.6 Å². The first-order valence-electron chi connectivity index (χ1n) is 10.2. The van der Waals surface area contributed by atoms with Gasteiger partial charge in [-0.1, -0.05) is 0 Å². The molecule has 0 radical (unpaired) electrons. The van der Waals surface area contributed by atoms with Crippen molar-refractivity contribution in [2.24, 2.45) is 29.6 Å². The highest BCUT2D eigenvalue weighted by Gasteiger charge is 2.61. The van der Waals surface area contributed by atoms with Gasteiger partial charge in [-0.25, -0.2) is 9.78 Å². The molecule has 23 heavy (non-hydrogen) atoms. The molecule has 3 heteroatoms. The third-order valence-corrected chi connectivity index (χ3v) is 8.42. The van der Waals surface area contributed by atoms with E-state index in [1.165, 1.54) is 57.8 Å². The first-order chi connectivity index (χ1) is 11.2. The molecule has 0 aromatic heterocycles. The average molecular weight is 320 g/mol. The first-order valence-corrected chi connectivity index (χ1v) is 10.2. The molecule has 2 spiro atoms. The minimum Gasteiger partial charge on any atom is -0.396 e. The van der Waals surface area contributed by atoms with Crippen molar-refractivity contribution in [2.45, 2.75) is 88.3 Å². The Morgan fingerprint density at radius 2 is 1.43 bits per heavy atom. The summed E-state index contributed by atoms with van der Waals surface area (Å²) in [6, 6.07) is 0. The molecule has 1 N–H and O–H groups in total. The molecule has 130 valence electrons. The van der Waals surface area contributed by atoms with Crippen molar-refractivity contribution in [3.63, 3.8) is 0 Å². The predicted molar refractivity (Wildman–Crippen MR) is 87.6 cm³/mol. The number of hydrogen-bond donors (Lipinski definition) is 1. The summed E-state index contributed by atoms with van der Waals surface area (Å²) in [5.74, 6) is 4.25. The van der Waals surface area contributed by atoms with Crippen LogP contribution in [0.4, 0.5) is 0 Å². The molecule has 3 nitrogen and oxygen atoms in total. The molecular formula is C20H32O3. The Labute approximate surface area is 140 Å². The van der Waals surface area contributed by atoms with Crippen LogP contribution in [0.3, 0.4) is 0 Å². The summed E-state index contributed by atoms with van der Waals surface area (Å²) < 4.78 is 0. The summed E-state index contributed by atoms with van der Waals surface area (Å²) >= 11 is 0. The molecule has 0 atom stereocenters. The molecule has 1 saturated heterocycles. The lowest BCUT2D eigenvalue weighted by Crippen LogP contribution is -2.62. The molecule has 0 aromatic rings. The third kappa shape index (κ3) is 2.33. The summed E-state index contributed by atoms with van der Waals surface area (Å²) in [5.41, 5.74) is 0.0898. The van der Waals surface area contributed by atoms with E-state index in [0.29, 0.717) is 12.5 Å². The Morgan fingerprint density at radius 3 is 1.96 bits per heavy atom. The molecule has 4 bridgehead atoms. The number of aliphatic hydroxyl groups is 1. The maximum atomic E-state index is 9.15. The number of rotatable bonds is 2. The maximum absolute atomic E-state index is 9.15. The van der Waals surface area contributed by atoms with Crippen molar-refractivity contribution < 1.29 is 14.9 Å². The lowest BCUT2D eigenvalue weighted by Gasteiger charge is -2.62. The molecule has 6 aliphatic rings. The van der Waals surface area contributed by atoms with E-state index in [-0.39, 0.29) is 11.2 Å². The quantitative estimate of drug-likeness (QED) is 0.774. The van der Waals surface area contributed by atoms with E-state index < -0.39 is 0 Å². The summed E-state index contributed by atoms with van der Waals surface area (Å²) in [4.78, 5) is 12.6. The second-order valence-electron chi connectivity index (χ2n) is 9.56. The van der Waals surface area contributed by atoms with Crippen molar-refractivity contribution in [1.82, 2.24) is 0 Å². The predicted octanol–water partition coefficient (Wildman–Crippen LogP) is 4.23. The SMILES string of the molecule is OCCC1CCC2(CC1)CCC1(OO2)C2CC3CC(C2)CC1C3. The van der Waals surface area contributed by atoms with Crippen LogP contribution in [0.25, 0.3) is 0 Å².